The minimum atomic E-state index is -0.439. The van der Waals surface area contributed by atoms with Crippen molar-refractivity contribution in [2.45, 2.75) is 13.0 Å². The van der Waals surface area contributed by atoms with E-state index in [9.17, 15) is 9.18 Å². The molecule has 0 bridgehead atoms. The lowest BCUT2D eigenvalue weighted by atomic mass is 10.1. The van der Waals surface area contributed by atoms with E-state index in [4.69, 9.17) is 11.6 Å². The van der Waals surface area contributed by atoms with Gasteiger partial charge in [0.25, 0.3) is 0 Å². The highest BCUT2D eigenvalue weighted by Gasteiger charge is 2.29. The fourth-order valence-electron chi connectivity index (χ4n) is 3.51. The van der Waals surface area contributed by atoms with E-state index in [0.717, 1.165) is 17.5 Å². The predicted molar refractivity (Wildman–Crippen MR) is 117 cm³/mol. The fraction of sp³-hybridized carbons (Fsp3) is 0.227. The summed E-state index contributed by atoms with van der Waals surface area (Å²) in [6.45, 7) is 0.925. The first kappa shape index (κ1) is 20.1. The molecule has 4 rings (SSSR count). The Bertz CT molecular complexity index is 1060. The number of para-hydroxylation sites is 1. The third-order valence-electron chi connectivity index (χ3n) is 5.04. The van der Waals surface area contributed by atoms with Crippen LogP contribution in [0, 0.1) is 5.82 Å². The Hall–Kier alpha value is -3.19. The van der Waals surface area contributed by atoms with E-state index >= 15 is 0 Å². The Kier molecular flexibility index (Phi) is 5.81. The van der Waals surface area contributed by atoms with Crippen LogP contribution in [-0.4, -0.2) is 36.0 Å². The summed E-state index contributed by atoms with van der Waals surface area (Å²) >= 11 is 5.94. The highest BCUT2D eigenvalue weighted by atomic mass is 35.5. The molecule has 0 saturated carbocycles. The summed E-state index contributed by atoms with van der Waals surface area (Å²) in [4.78, 5) is 24.8. The van der Waals surface area contributed by atoms with E-state index in [1.807, 2.05) is 24.3 Å². The molecule has 8 heteroatoms. The number of carbonyl (C=O) groups excluding carboxylic acids is 1. The number of rotatable bonds is 5. The van der Waals surface area contributed by atoms with E-state index in [1.165, 1.54) is 17.3 Å². The smallest absolute Gasteiger partial charge is 0.246 e. The van der Waals surface area contributed by atoms with Crippen molar-refractivity contribution in [3.05, 3.63) is 76.8 Å². The van der Waals surface area contributed by atoms with Crippen molar-refractivity contribution < 1.29 is 9.18 Å². The number of hydrogen-bond donors (Lipinski definition) is 1. The van der Waals surface area contributed by atoms with Gasteiger partial charge in [0.05, 0.1) is 24.3 Å². The highest BCUT2D eigenvalue weighted by molar-refractivity contribution is 6.30. The van der Waals surface area contributed by atoms with Crippen LogP contribution in [0.1, 0.15) is 11.1 Å². The highest BCUT2D eigenvalue weighted by Crippen LogP contribution is 2.31. The summed E-state index contributed by atoms with van der Waals surface area (Å²) in [6, 6.07) is 14.0. The number of halogens is 2. The molecule has 0 unspecified atom stereocenters. The summed E-state index contributed by atoms with van der Waals surface area (Å²) < 4.78 is 14.4. The van der Waals surface area contributed by atoms with Gasteiger partial charge in [-0.1, -0.05) is 35.9 Å². The van der Waals surface area contributed by atoms with E-state index in [0.29, 0.717) is 23.2 Å². The number of hydrogen-bond acceptors (Lipinski definition) is 5. The van der Waals surface area contributed by atoms with Crippen LogP contribution < -0.4 is 15.1 Å². The van der Waals surface area contributed by atoms with Crippen molar-refractivity contribution in [3.8, 4) is 0 Å². The third kappa shape index (κ3) is 4.21. The van der Waals surface area contributed by atoms with Gasteiger partial charge in [0.1, 0.15) is 23.8 Å². The zero-order chi connectivity index (χ0) is 21.1. The Morgan fingerprint density at radius 3 is 2.63 bits per heavy atom. The van der Waals surface area contributed by atoms with E-state index in [2.05, 4.69) is 15.3 Å². The normalized spacial score (nSPS) is 13.8. The van der Waals surface area contributed by atoms with Gasteiger partial charge < -0.3 is 15.1 Å². The van der Waals surface area contributed by atoms with E-state index in [-0.39, 0.29) is 24.7 Å². The van der Waals surface area contributed by atoms with Crippen molar-refractivity contribution >= 4 is 34.8 Å². The van der Waals surface area contributed by atoms with Gasteiger partial charge >= 0.3 is 0 Å². The van der Waals surface area contributed by atoms with Gasteiger partial charge in [-0.05, 0) is 36.2 Å². The van der Waals surface area contributed by atoms with Gasteiger partial charge in [-0.3, -0.25) is 4.79 Å². The second-order valence-electron chi connectivity index (χ2n) is 7.12. The van der Waals surface area contributed by atoms with E-state index in [1.54, 1.807) is 30.1 Å². The van der Waals surface area contributed by atoms with E-state index < -0.39 is 5.82 Å². The third-order valence-corrected chi connectivity index (χ3v) is 5.29. The topological polar surface area (TPSA) is 61.4 Å². The van der Waals surface area contributed by atoms with Crippen molar-refractivity contribution in [1.29, 1.82) is 0 Å². The number of nitrogens with one attached hydrogen (secondary N) is 1. The van der Waals surface area contributed by atoms with Gasteiger partial charge in [-0.2, -0.15) is 0 Å². The van der Waals surface area contributed by atoms with Crippen molar-refractivity contribution in [2.75, 3.05) is 35.3 Å². The molecule has 1 aliphatic heterocycles. The summed E-state index contributed by atoms with van der Waals surface area (Å²) in [7, 11) is 1.80. The molecule has 3 aromatic rings. The maximum atomic E-state index is 14.4. The Morgan fingerprint density at radius 2 is 1.87 bits per heavy atom. The summed E-state index contributed by atoms with van der Waals surface area (Å²) in [5, 5.41) is 4.05. The second kappa shape index (κ2) is 8.67. The van der Waals surface area contributed by atoms with Gasteiger partial charge in [-0.15, -0.1) is 0 Å². The fourth-order valence-corrected chi connectivity index (χ4v) is 3.63. The van der Waals surface area contributed by atoms with Crippen molar-refractivity contribution in [3.63, 3.8) is 0 Å². The summed E-state index contributed by atoms with van der Waals surface area (Å²) in [5.74, 6) is 0.654. The first-order chi connectivity index (χ1) is 14.5. The molecule has 0 fully saturated rings. The van der Waals surface area contributed by atoms with Crippen LogP contribution in [0.3, 0.4) is 0 Å². The molecule has 1 N–H and O–H groups in total. The quantitative estimate of drug-likeness (QED) is 0.671. The molecule has 0 spiro atoms. The molecule has 0 radical (unpaired) electrons. The van der Waals surface area contributed by atoms with Gasteiger partial charge in [0.2, 0.25) is 5.91 Å². The average molecular weight is 426 g/mol. The number of aromatic nitrogens is 2. The van der Waals surface area contributed by atoms with Crippen LogP contribution in [-0.2, 0) is 17.8 Å². The Morgan fingerprint density at radius 1 is 1.10 bits per heavy atom. The molecular weight excluding hydrogens is 405 g/mol. The molecule has 1 aromatic heterocycles. The number of likely N-dealkylation sites (N-methyl/N-ethyl adjacent to an activating group) is 1. The average Bonchev–Trinajstić information content (AvgIpc) is 2.86. The lowest BCUT2D eigenvalue weighted by Gasteiger charge is -2.22. The zero-order valence-corrected chi connectivity index (χ0v) is 17.2. The minimum absolute atomic E-state index is 0.0998. The Balaban J connectivity index is 1.59. The minimum Gasteiger partial charge on any atom is -0.369 e. The van der Waals surface area contributed by atoms with Crippen LogP contribution >= 0.6 is 11.6 Å². The summed E-state index contributed by atoms with van der Waals surface area (Å²) in [6.07, 6.45) is 2.25. The lowest BCUT2D eigenvalue weighted by molar-refractivity contribution is -0.117. The van der Waals surface area contributed by atoms with Crippen LogP contribution in [0.15, 0.2) is 54.9 Å². The van der Waals surface area contributed by atoms with Crippen LogP contribution in [0.4, 0.5) is 21.7 Å². The monoisotopic (exact) mass is 425 g/mol. The molecule has 30 heavy (non-hydrogen) atoms. The van der Waals surface area contributed by atoms with Crippen molar-refractivity contribution in [1.82, 2.24) is 9.97 Å². The molecular formula is C22H21ClFN5O. The molecule has 6 nitrogen and oxygen atoms in total. The second-order valence-corrected chi connectivity index (χ2v) is 7.55. The maximum absolute atomic E-state index is 14.4. The first-order valence-electron chi connectivity index (χ1n) is 9.61. The molecule has 0 saturated heterocycles. The number of anilines is 3. The number of fused-ring (bicyclic) bond motifs is 1. The van der Waals surface area contributed by atoms with Crippen molar-refractivity contribution in [2.24, 2.45) is 0 Å². The van der Waals surface area contributed by atoms with Crippen LogP contribution in [0.5, 0.6) is 0 Å². The molecule has 2 heterocycles. The molecule has 2 aromatic carbocycles. The lowest BCUT2D eigenvalue weighted by Crippen LogP contribution is -2.36. The van der Waals surface area contributed by atoms with Gasteiger partial charge in [0, 0.05) is 18.6 Å². The number of benzene rings is 2. The van der Waals surface area contributed by atoms with Gasteiger partial charge in [-0.25, -0.2) is 14.4 Å². The molecule has 0 aliphatic carbocycles. The number of carbonyl (C=O) groups is 1. The SMILES string of the molecule is CN1CC(=O)N(c2ccccc2F)Cc2c(NCCc3ccc(Cl)cc3)ncnc21. The standard InChI is InChI=1S/C22H21ClFN5O/c1-28-13-20(30)29(19-5-3-2-4-18(19)24)12-17-21(26-14-27-22(17)28)25-11-10-15-6-8-16(23)9-7-15/h2-9,14H,10-13H2,1H3,(H,25,26,27). The number of nitrogens with zero attached hydrogens (tertiary/aromatic N) is 4. The summed E-state index contributed by atoms with van der Waals surface area (Å²) in [5.41, 5.74) is 2.15. The first-order valence-corrected chi connectivity index (χ1v) is 9.99. The number of amides is 1. The zero-order valence-electron chi connectivity index (χ0n) is 16.5. The molecule has 154 valence electrons. The van der Waals surface area contributed by atoms with Gasteiger partial charge in [0.15, 0.2) is 0 Å². The molecule has 1 aliphatic rings. The molecule has 0 atom stereocenters. The maximum Gasteiger partial charge on any atom is 0.246 e. The molecule has 1 amide bonds. The largest absolute Gasteiger partial charge is 0.369 e. The predicted octanol–water partition coefficient (Wildman–Crippen LogP) is 3.91. The van der Waals surface area contributed by atoms with Crippen LogP contribution in [0.25, 0.3) is 0 Å². The van der Waals surface area contributed by atoms with Crippen LogP contribution in [0.2, 0.25) is 5.02 Å². The Labute approximate surface area is 179 Å².